The molecule has 0 bridgehead atoms. The number of hydrogen-bond donors (Lipinski definition) is 3. The topological polar surface area (TPSA) is 114 Å². The van der Waals surface area contributed by atoms with E-state index in [4.69, 9.17) is 9.16 Å². The lowest BCUT2D eigenvalue weighted by atomic mass is 10.1. The molecule has 4 rings (SSSR count). The highest BCUT2D eigenvalue weighted by Gasteiger charge is 2.52. The first-order valence-electron chi connectivity index (χ1n) is 11.6. The average molecular weight is 497 g/mol. The molecule has 1 aromatic heterocycles. The van der Waals surface area contributed by atoms with Gasteiger partial charge in [-0.25, -0.2) is 4.79 Å². The molecule has 3 aromatic rings. The van der Waals surface area contributed by atoms with E-state index in [0.717, 1.165) is 14.9 Å². The molecule has 35 heavy (non-hydrogen) atoms. The standard InChI is InChI=1S/C26H32N2O6Si/c1-17-15-28(25(32)27-23(17)31)24-22(30)21(29)20(34-24)16-33-35(26(2,3)4,18-11-7-5-8-12-18)19-13-9-6-10-14-19/h5-15,20-22,24,29-30H,16H2,1-4H3,(H,27,31,32)/t20-,21?,22?,24-/m0/s1. The van der Waals surface area contributed by atoms with E-state index in [9.17, 15) is 19.8 Å². The van der Waals surface area contributed by atoms with Crippen LogP contribution in [0.25, 0.3) is 0 Å². The van der Waals surface area contributed by atoms with Crippen LogP contribution >= 0.6 is 0 Å². The predicted octanol–water partition coefficient (Wildman–Crippen LogP) is 1.04. The second kappa shape index (κ2) is 9.67. The molecule has 0 amide bonds. The van der Waals surface area contributed by atoms with Crippen molar-refractivity contribution >= 4 is 18.7 Å². The van der Waals surface area contributed by atoms with Gasteiger partial charge in [0.1, 0.15) is 18.3 Å². The van der Waals surface area contributed by atoms with Gasteiger partial charge in [-0.05, 0) is 22.3 Å². The summed E-state index contributed by atoms with van der Waals surface area (Å²) in [6.45, 7) is 8.00. The second-order valence-corrected chi connectivity index (χ2v) is 14.3. The van der Waals surface area contributed by atoms with E-state index in [1.54, 1.807) is 6.92 Å². The van der Waals surface area contributed by atoms with Crippen LogP contribution in [0.15, 0.2) is 76.4 Å². The van der Waals surface area contributed by atoms with Gasteiger partial charge in [-0.2, -0.15) is 0 Å². The molecule has 0 saturated carbocycles. The zero-order chi connectivity index (χ0) is 25.4. The second-order valence-electron chi connectivity index (χ2n) is 10.00. The van der Waals surface area contributed by atoms with Crippen LogP contribution in [0.2, 0.25) is 5.04 Å². The minimum Gasteiger partial charge on any atom is -0.405 e. The van der Waals surface area contributed by atoms with Crippen molar-refractivity contribution in [2.45, 2.75) is 57.3 Å². The van der Waals surface area contributed by atoms with Gasteiger partial charge in [0, 0.05) is 11.8 Å². The fraction of sp³-hybridized carbons (Fsp3) is 0.385. The minimum atomic E-state index is -2.89. The Morgan fingerprint density at radius 2 is 1.51 bits per heavy atom. The largest absolute Gasteiger partial charge is 0.405 e. The van der Waals surface area contributed by atoms with Gasteiger partial charge >= 0.3 is 5.69 Å². The van der Waals surface area contributed by atoms with E-state index in [2.05, 4.69) is 50.0 Å². The molecule has 3 N–H and O–H groups in total. The van der Waals surface area contributed by atoms with E-state index in [1.807, 2.05) is 36.4 Å². The Balaban J connectivity index is 1.69. The van der Waals surface area contributed by atoms with Crippen molar-refractivity contribution < 1.29 is 19.4 Å². The molecule has 1 aliphatic heterocycles. The van der Waals surface area contributed by atoms with Crippen molar-refractivity contribution in [1.29, 1.82) is 0 Å². The number of benzene rings is 2. The van der Waals surface area contributed by atoms with Gasteiger partial charge in [-0.15, -0.1) is 0 Å². The van der Waals surface area contributed by atoms with Gasteiger partial charge in [0.25, 0.3) is 13.9 Å². The lowest BCUT2D eigenvalue weighted by molar-refractivity contribution is -0.0528. The molecular weight excluding hydrogens is 464 g/mol. The predicted molar refractivity (Wildman–Crippen MR) is 136 cm³/mol. The van der Waals surface area contributed by atoms with Gasteiger partial charge < -0.3 is 19.4 Å². The van der Waals surface area contributed by atoms with Crippen molar-refractivity contribution in [3.8, 4) is 0 Å². The number of aryl methyl sites for hydroxylation is 1. The van der Waals surface area contributed by atoms with Crippen LogP contribution in [0, 0.1) is 6.92 Å². The van der Waals surface area contributed by atoms with Crippen LogP contribution in [-0.2, 0) is 9.16 Å². The molecule has 186 valence electrons. The van der Waals surface area contributed by atoms with Gasteiger partial charge in [-0.1, -0.05) is 81.4 Å². The van der Waals surface area contributed by atoms with E-state index in [1.165, 1.54) is 6.20 Å². The summed E-state index contributed by atoms with van der Waals surface area (Å²) in [5.74, 6) is 0. The maximum absolute atomic E-state index is 12.4. The molecule has 1 saturated heterocycles. The van der Waals surface area contributed by atoms with Crippen LogP contribution < -0.4 is 21.6 Å². The molecule has 0 aliphatic carbocycles. The highest BCUT2D eigenvalue weighted by Crippen LogP contribution is 2.38. The van der Waals surface area contributed by atoms with Crippen molar-refractivity contribution in [3.05, 3.63) is 93.3 Å². The molecule has 4 atom stereocenters. The summed E-state index contributed by atoms with van der Waals surface area (Å²) >= 11 is 0. The molecule has 1 aliphatic rings. The fourth-order valence-electron chi connectivity index (χ4n) is 4.84. The van der Waals surface area contributed by atoms with Crippen molar-refractivity contribution in [2.24, 2.45) is 0 Å². The summed E-state index contributed by atoms with van der Waals surface area (Å²) in [6.07, 6.45) is -3.35. The summed E-state index contributed by atoms with van der Waals surface area (Å²) in [4.78, 5) is 26.3. The van der Waals surface area contributed by atoms with Gasteiger partial charge in [0.2, 0.25) is 0 Å². The number of aliphatic hydroxyl groups excluding tert-OH is 2. The summed E-state index contributed by atoms with van der Waals surface area (Å²) < 4.78 is 13.9. The van der Waals surface area contributed by atoms with Crippen molar-refractivity contribution in [1.82, 2.24) is 9.55 Å². The molecule has 2 aromatic carbocycles. The Bertz CT molecular complexity index is 1230. The maximum atomic E-state index is 12.4. The first kappa shape index (κ1) is 25.3. The highest BCUT2D eigenvalue weighted by atomic mass is 28.4. The zero-order valence-electron chi connectivity index (χ0n) is 20.3. The Morgan fingerprint density at radius 1 is 0.971 bits per heavy atom. The Hall–Kier alpha value is -2.82. The SMILES string of the molecule is Cc1cn([C@H]2O[C@@H](CO[Si](c3ccccc3)(c3ccccc3)C(C)(C)C)C(O)C2O)c(=O)[nH]c1=O. The minimum absolute atomic E-state index is 0.0130. The van der Waals surface area contributed by atoms with E-state index in [-0.39, 0.29) is 11.6 Å². The summed E-state index contributed by atoms with van der Waals surface area (Å²) in [5.41, 5.74) is -0.932. The number of H-pyrrole nitrogens is 1. The van der Waals surface area contributed by atoms with Crippen LogP contribution in [0.3, 0.4) is 0 Å². The smallest absolute Gasteiger partial charge is 0.330 e. The molecule has 1 fully saturated rings. The molecule has 2 unspecified atom stereocenters. The number of hydrogen-bond acceptors (Lipinski definition) is 6. The quantitative estimate of drug-likeness (QED) is 0.440. The molecule has 9 heteroatoms. The summed E-state index contributed by atoms with van der Waals surface area (Å²) in [7, 11) is -2.89. The van der Waals surface area contributed by atoms with Crippen LogP contribution in [0.1, 0.15) is 32.6 Å². The molecule has 0 spiro atoms. The Morgan fingerprint density at radius 3 is 2.03 bits per heavy atom. The number of rotatable bonds is 6. The number of nitrogens with zero attached hydrogens (tertiary/aromatic N) is 1. The van der Waals surface area contributed by atoms with Gasteiger partial charge in [-0.3, -0.25) is 14.3 Å². The van der Waals surface area contributed by atoms with E-state index >= 15 is 0 Å². The molecule has 8 nitrogen and oxygen atoms in total. The van der Waals surface area contributed by atoms with Crippen LogP contribution in [0.5, 0.6) is 0 Å². The number of aromatic amines is 1. The van der Waals surface area contributed by atoms with Crippen LogP contribution in [0.4, 0.5) is 0 Å². The van der Waals surface area contributed by atoms with Crippen molar-refractivity contribution in [2.75, 3.05) is 6.61 Å². The molecule has 2 heterocycles. The zero-order valence-corrected chi connectivity index (χ0v) is 21.3. The summed E-state index contributed by atoms with van der Waals surface area (Å²) in [6, 6.07) is 20.1. The number of aromatic nitrogens is 2. The third-order valence-corrected chi connectivity index (χ3v) is 11.6. The highest BCUT2D eigenvalue weighted by molar-refractivity contribution is 6.99. The third-order valence-electron chi connectivity index (χ3n) is 6.64. The monoisotopic (exact) mass is 496 g/mol. The first-order chi connectivity index (χ1) is 16.6. The maximum Gasteiger partial charge on any atom is 0.330 e. The number of ether oxygens (including phenoxy) is 1. The lowest BCUT2D eigenvalue weighted by Gasteiger charge is -2.43. The third kappa shape index (κ3) is 4.57. The normalized spacial score (nSPS) is 22.9. The summed E-state index contributed by atoms with van der Waals surface area (Å²) in [5, 5.41) is 23.4. The van der Waals surface area contributed by atoms with E-state index in [0.29, 0.717) is 5.56 Å². The molecule has 0 radical (unpaired) electrons. The average Bonchev–Trinajstić information content (AvgIpc) is 3.11. The fourth-order valence-corrected chi connectivity index (χ4v) is 9.41. The number of nitrogens with one attached hydrogen (secondary N) is 1. The Labute approximate surface area is 204 Å². The van der Waals surface area contributed by atoms with Gasteiger partial charge in [0.15, 0.2) is 6.23 Å². The van der Waals surface area contributed by atoms with Crippen molar-refractivity contribution in [3.63, 3.8) is 0 Å². The van der Waals surface area contributed by atoms with Gasteiger partial charge in [0.05, 0.1) is 6.61 Å². The Kier molecular flexibility index (Phi) is 6.99. The van der Waals surface area contributed by atoms with Crippen LogP contribution in [-0.4, -0.2) is 53.0 Å². The first-order valence-corrected chi connectivity index (χ1v) is 13.6. The van der Waals surface area contributed by atoms with E-state index < -0.39 is 44.1 Å². The molecular formula is C26H32N2O6Si. The lowest BCUT2D eigenvalue weighted by Crippen LogP contribution is -2.67. The number of aliphatic hydroxyl groups is 2.